The van der Waals surface area contributed by atoms with Gasteiger partial charge in [0.25, 0.3) is 5.22 Å². The van der Waals surface area contributed by atoms with Crippen molar-refractivity contribution in [2.45, 2.75) is 29.6 Å². The van der Waals surface area contributed by atoms with Crippen LogP contribution in [-0.2, 0) is 0 Å². The highest BCUT2D eigenvalue weighted by atomic mass is 32.2. The van der Waals surface area contributed by atoms with E-state index in [-0.39, 0.29) is 6.04 Å². The number of hydrogen-bond acceptors (Lipinski definition) is 7. The summed E-state index contributed by atoms with van der Waals surface area (Å²) in [6.45, 7) is 2.06. The van der Waals surface area contributed by atoms with Crippen molar-refractivity contribution in [1.82, 2.24) is 20.1 Å². The molecule has 2 heterocycles. The fraction of sp³-hybridized carbons (Fsp3) is 0.385. The van der Waals surface area contributed by atoms with E-state index in [1.54, 1.807) is 18.3 Å². The Kier molecular flexibility index (Phi) is 4.71. The van der Waals surface area contributed by atoms with Gasteiger partial charge in [0.1, 0.15) is 11.1 Å². The molecule has 6 nitrogen and oxygen atoms in total. The Bertz CT molecular complexity index is 619. The number of nitrogens with zero attached hydrogens (tertiary/aromatic N) is 5. The Hall–Kier alpha value is -1.91. The summed E-state index contributed by atoms with van der Waals surface area (Å²) in [6.07, 6.45) is 2.52. The molecule has 0 saturated carbocycles. The van der Waals surface area contributed by atoms with Gasteiger partial charge in [0.15, 0.2) is 0 Å². The van der Waals surface area contributed by atoms with Crippen molar-refractivity contribution in [2.75, 3.05) is 14.1 Å². The zero-order valence-electron chi connectivity index (χ0n) is 11.6. The summed E-state index contributed by atoms with van der Waals surface area (Å²) in [5.41, 5.74) is 0.497. The average Bonchev–Trinajstić information content (AvgIpc) is 2.88. The normalized spacial score (nSPS) is 12.3. The minimum Gasteiger partial charge on any atom is -0.414 e. The van der Waals surface area contributed by atoms with Crippen LogP contribution in [0.3, 0.4) is 0 Å². The number of rotatable bonds is 5. The van der Waals surface area contributed by atoms with E-state index < -0.39 is 0 Å². The predicted molar refractivity (Wildman–Crippen MR) is 74.1 cm³/mol. The smallest absolute Gasteiger partial charge is 0.283 e. The Morgan fingerprint density at radius 2 is 2.25 bits per heavy atom. The lowest BCUT2D eigenvalue weighted by Gasteiger charge is -2.18. The van der Waals surface area contributed by atoms with E-state index in [1.165, 1.54) is 11.8 Å². The Morgan fingerprint density at radius 3 is 2.90 bits per heavy atom. The van der Waals surface area contributed by atoms with Crippen molar-refractivity contribution in [3.63, 3.8) is 0 Å². The minimum atomic E-state index is 0.0935. The van der Waals surface area contributed by atoms with Crippen molar-refractivity contribution < 1.29 is 4.42 Å². The lowest BCUT2D eigenvalue weighted by Crippen LogP contribution is -2.19. The van der Waals surface area contributed by atoms with Crippen LogP contribution in [0.5, 0.6) is 0 Å². The Morgan fingerprint density at radius 1 is 1.45 bits per heavy atom. The highest BCUT2D eigenvalue weighted by Crippen LogP contribution is 2.29. The average molecular weight is 289 g/mol. The minimum absolute atomic E-state index is 0.0935. The molecule has 0 fully saturated rings. The lowest BCUT2D eigenvalue weighted by atomic mass is 10.2. The van der Waals surface area contributed by atoms with Crippen molar-refractivity contribution >= 4 is 11.8 Å². The van der Waals surface area contributed by atoms with E-state index in [0.29, 0.717) is 21.7 Å². The van der Waals surface area contributed by atoms with Crippen LogP contribution in [0.15, 0.2) is 33.0 Å². The molecule has 0 radical (unpaired) electrons. The van der Waals surface area contributed by atoms with Crippen LogP contribution in [0, 0.1) is 11.3 Å². The SMILES string of the molecule is CC[C@@H](c1nnc(Sc2ncccc2C#N)o1)N(C)C. The van der Waals surface area contributed by atoms with Gasteiger partial charge in [-0.3, -0.25) is 4.90 Å². The first-order chi connectivity index (χ1) is 9.65. The van der Waals surface area contributed by atoms with Gasteiger partial charge in [0, 0.05) is 6.20 Å². The largest absolute Gasteiger partial charge is 0.414 e. The molecule has 2 aromatic heterocycles. The number of nitriles is 1. The van der Waals surface area contributed by atoms with E-state index in [9.17, 15) is 0 Å². The zero-order valence-corrected chi connectivity index (χ0v) is 12.4. The van der Waals surface area contributed by atoms with Crippen LogP contribution in [0.1, 0.15) is 30.8 Å². The highest BCUT2D eigenvalue weighted by molar-refractivity contribution is 7.99. The molecular formula is C13H15N5OS. The fourth-order valence-electron chi connectivity index (χ4n) is 1.80. The van der Waals surface area contributed by atoms with E-state index in [4.69, 9.17) is 9.68 Å². The fourth-order valence-corrected chi connectivity index (χ4v) is 2.51. The van der Waals surface area contributed by atoms with E-state index >= 15 is 0 Å². The van der Waals surface area contributed by atoms with Gasteiger partial charge in [-0.2, -0.15) is 5.26 Å². The maximum atomic E-state index is 9.02. The van der Waals surface area contributed by atoms with Gasteiger partial charge in [-0.25, -0.2) is 4.98 Å². The van der Waals surface area contributed by atoms with Gasteiger partial charge in [-0.1, -0.05) is 6.92 Å². The second kappa shape index (κ2) is 6.50. The van der Waals surface area contributed by atoms with Gasteiger partial charge in [-0.15, -0.1) is 10.2 Å². The van der Waals surface area contributed by atoms with E-state index in [1.807, 2.05) is 19.0 Å². The number of pyridine rings is 1. The third-order valence-electron chi connectivity index (χ3n) is 2.79. The molecule has 0 N–H and O–H groups in total. The third kappa shape index (κ3) is 3.15. The predicted octanol–water partition coefficient (Wildman–Crippen LogP) is 2.50. The van der Waals surface area contributed by atoms with Crippen LogP contribution in [-0.4, -0.2) is 34.2 Å². The molecule has 0 aromatic carbocycles. The van der Waals surface area contributed by atoms with Crippen molar-refractivity contribution in [1.29, 1.82) is 5.26 Å². The molecule has 0 aliphatic carbocycles. The topological polar surface area (TPSA) is 78.8 Å². The molecule has 1 atom stereocenters. The van der Waals surface area contributed by atoms with Crippen molar-refractivity contribution in [3.8, 4) is 6.07 Å². The molecular weight excluding hydrogens is 274 g/mol. The summed E-state index contributed by atoms with van der Waals surface area (Å²) < 4.78 is 5.65. The van der Waals surface area contributed by atoms with Gasteiger partial charge >= 0.3 is 0 Å². The van der Waals surface area contributed by atoms with Gasteiger partial charge in [0.2, 0.25) is 5.89 Å². The van der Waals surface area contributed by atoms with Gasteiger partial charge in [-0.05, 0) is 44.4 Å². The summed E-state index contributed by atoms with van der Waals surface area (Å²) in [5.74, 6) is 0.578. The van der Waals surface area contributed by atoms with E-state index in [2.05, 4.69) is 28.2 Å². The second-order valence-corrected chi connectivity index (χ2v) is 5.30. The standard InChI is InChI=1S/C13H15N5OS/c1-4-10(18(2)3)11-16-17-13(19-11)20-12-9(8-14)6-5-7-15-12/h5-7,10H,4H2,1-3H3/t10-/m0/s1. The van der Waals surface area contributed by atoms with Crippen LogP contribution in [0.4, 0.5) is 0 Å². The highest BCUT2D eigenvalue weighted by Gasteiger charge is 2.20. The summed E-state index contributed by atoms with van der Waals surface area (Å²) in [7, 11) is 3.94. The maximum absolute atomic E-state index is 9.02. The summed E-state index contributed by atoms with van der Waals surface area (Å²) in [4.78, 5) is 6.19. The second-order valence-electron chi connectivity index (χ2n) is 4.36. The van der Waals surface area contributed by atoms with Crippen LogP contribution >= 0.6 is 11.8 Å². The number of aromatic nitrogens is 3. The van der Waals surface area contributed by atoms with Crippen molar-refractivity contribution in [3.05, 3.63) is 29.8 Å². The van der Waals surface area contributed by atoms with E-state index in [0.717, 1.165) is 6.42 Å². The molecule has 20 heavy (non-hydrogen) atoms. The molecule has 2 aromatic rings. The summed E-state index contributed by atoms with van der Waals surface area (Å²) in [6, 6.07) is 5.62. The first-order valence-electron chi connectivity index (χ1n) is 6.18. The molecule has 0 amide bonds. The molecule has 0 saturated heterocycles. The first kappa shape index (κ1) is 14.5. The Labute approximate surface area is 121 Å². The van der Waals surface area contributed by atoms with Gasteiger partial charge in [0.05, 0.1) is 11.6 Å². The molecule has 0 spiro atoms. The molecule has 0 unspecified atom stereocenters. The first-order valence-corrected chi connectivity index (χ1v) is 7.00. The monoisotopic (exact) mass is 289 g/mol. The molecule has 104 valence electrons. The van der Waals surface area contributed by atoms with Gasteiger partial charge < -0.3 is 4.42 Å². The maximum Gasteiger partial charge on any atom is 0.283 e. The molecule has 0 aliphatic heterocycles. The third-order valence-corrected chi connectivity index (χ3v) is 3.65. The zero-order chi connectivity index (χ0) is 14.5. The molecule has 2 rings (SSSR count). The summed E-state index contributed by atoms with van der Waals surface area (Å²) >= 11 is 1.21. The molecule has 0 bridgehead atoms. The molecule has 0 aliphatic rings. The summed E-state index contributed by atoms with van der Waals surface area (Å²) in [5, 5.41) is 18.1. The quantitative estimate of drug-likeness (QED) is 0.836. The molecule has 7 heteroatoms. The Balaban J connectivity index is 2.20. The van der Waals surface area contributed by atoms with Crippen LogP contribution in [0.25, 0.3) is 0 Å². The number of hydrogen-bond donors (Lipinski definition) is 0. The van der Waals surface area contributed by atoms with Crippen LogP contribution in [0.2, 0.25) is 0 Å². The van der Waals surface area contributed by atoms with Crippen molar-refractivity contribution in [2.24, 2.45) is 0 Å². The van der Waals surface area contributed by atoms with Crippen LogP contribution < -0.4 is 0 Å². The lowest BCUT2D eigenvalue weighted by molar-refractivity contribution is 0.233.